The molecule has 0 aliphatic rings. The first-order valence-corrected chi connectivity index (χ1v) is 11.1. The Morgan fingerprint density at radius 1 is 1.06 bits per heavy atom. The molecule has 0 unspecified atom stereocenters. The number of carbonyl (C=O) groups is 2. The number of hydrogen-bond acceptors (Lipinski definition) is 6. The van der Waals surface area contributed by atoms with Crippen molar-refractivity contribution in [3.63, 3.8) is 0 Å². The van der Waals surface area contributed by atoms with Crippen LogP contribution in [0.15, 0.2) is 53.4 Å². The van der Waals surface area contributed by atoms with Gasteiger partial charge in [-0.15, -0.1) is 0 Å². The van der Waals surface area contributed by atoms with E-state index >= 15 is 0 Å². The van der Waals surface area contributed by atoms with E-state index in [2.05, 4.69) is 10.6 Å². The predicted molar refractivity (Wildman–Crippen MR) is 116 cm³/mol. The fraction of sp³-hybridized carbons (Fsp3) is 0.333. The van der Waals surface area contributed by atoms with Gasteiger partial charge in [-0.2, -0.15) is 8.42 Å². The minimum Gasteiger partial charge on any atom is -0.383 e. The first kappa shape index (κ1) is 24.2. The zero-order valence-electron chi connectivity index (χ0n) is 17.8. The Kier molecular flexibility index (Phi) is 8.83. The molecule has 0 heterocycles. The van der Waals surface area contributed by atoms with Gasteiger partial charge in [0.1, 0.15) is 10.6 Å². The second-order valence-corrected chi connectivity index (χ2v) is 8.15. The van der Waals surface area contributed by atoms with Crippen molar-refractivity contribution in [1.29, 1.82) is 0 Å². The number of carbonyl (C=O) groups excluding carboxylic acids is 2. The van der Waals surface area contributed by atoms with Crippen molar-refractivity contribution < 1.29 is 26.9 Å². The van der Waals surface area contributed by atoms with E-state index in [0.717, 1.165) is 0 Å². The molecule has 2 aromatic rings. The van der Waals surface area contributed by atoms with Gasteiger partial charge in [0, 0.05) is 38.4 Å². The Balaban J connectivity index is 2.23. The summed E-state index contributed by atoms with van der Waals surface area (Å²) in [5, 5.41) is 5.30. The molecule has 0 bridgehead atoms. The van der Waals surface area contributed by atoms with Gasteiger partial charge in [-0.25, -0.2) is 4.79 Å². The number of nitrogens with zero attached hydrogens (tertiary/aromatic N) is 1. The number of ether oxygens (including phenoxy) is 1. The lowest BCUT2D eigenvalue weighted by Crippen LogP contribution is -2.41. The number of benzene rings is 2. The minimum atomic E-state index is -4.12. The Hall–Kier alpha value is -3.11. The second-order valence-electron chi connectivity index (χ2n) is 6.60. The van der Waals surface area contributed by atoms with Gasteiger partial charge < -0.3 is 24.5 Å². The van der Waals surface area contributed by atoms with E-state index in [4.69, 9.17) is 8.92 Å². The zero-order valence-corrected chi connectivity index (χ0v) is 18.6. The summed E-state index contributed by atoms with van der Waals surface area (Å²) in [5.74, 6) is -0.133. The van der Waals surface area contributed by atoms with Gasteiger partial charge in [0.2, 0.25) is 5.91 Å². The largest absolute Gasteiger partial charge is 0.383 e. The summed E-state index contributed by atoms with van der Waals surface area (Å²) in [6, 6.07) is 12.0. The fourth-order valence-corrected chi connectivity index (χ4v) is 3.68. The molecule has 2 rings (SSSR count). The number of urea groups is 1. The fourth-order valence-electron chi connectivity index (χ4n) is 2.71. The second kappa shape index (κ2) is 11.3. The number of nitrogens with one attached hydrogen (secondary N) is 2. The molecule has 10 heteroatoms. The average molecular weight is 450 g/mol. The predicted octanol–water partition coefficient (Wildman–Crippen LogP) is 2.59. The Labute approximate surface area is 182 Å². The average Bonchev–Trinajstić information content (AvgIpc) is 2.72. The lowest BCUT2D eigenvalue weighted by Gasteiger charge is -2.23. The molecule has 0 fully saturated rings. The Morgan fingerprint density at radius 2 is 1.74 bits per heavy atom. The van der Waals surface area contributed by atoms with E-state index in [-0.39, 0.29) is 29.1 Å². The molecule has 2 aromatic carbocycles. The summed E-state index contributed by atoms with van der Waals surface area (Å²) >= 11 is 0. The first-order chi connectivity index (χ1) is 14.8. The van der Waals surface area contributed by atoms with Crippen LogP contribution in [0.3, 0.4) is 0 Å². The number of amides is 3. The molecule has 0 aliphatic carbocycles. The Morgan fingerprint density at radius 3 is 2.35 bits per heavy atom. The normalized spacial score (nSPS) is 10.9. The molecular formula is C21H27N3O6S. The SMILES string of the molecule is CCNC(=O)N(CCOC)Cc1ccccc1OS(=O)(=O)c1ccc(NC(C)=O)cc1. The van der Waals surface area contributed by atoms with Crippen molar-refractivity contribution >= 4 is 27.7 Å². The molecule has 3 amide bonds. The van der Waals surface area contributed by atoms with Gasteiger partial charge in [0.25, 0.3) is 0 Å². The van der Waals surface area contributed by atoms with Crippen LogP contribution < -0.4 is 14.8 Å². The standard InChI is InChI=1S/C21H27N3O6S/c1-4-22-21(26)24(13-14-29-3)15-17-7-5-6-8-20(17)30-31(27,28)19-11-9-18(10-12-19)23-16(2)25/h5-12H,4,13-15H2,1-3H3,(H,22,26)(H,23,25). The maximum absolute atomic E-state index is 12.8. The topological polar surface area (TPSA) is 114 Å². The number of rotatable bonds is 10. The van der Waals surface area contributed by atoms with Crippen molar-refractivity contribution in [2.24, 2.45) is 0 Å². The molecule has 0 radical (unpaired) electrons. The van der Waals surface area contributed by atoms with Gasteiger partial charge in [-0.3, -0.25) is 4.79 Å². The van der Waals surface area contributed by atoms with Crippen LogP contribution in [0.2, 0.25) is 0 Å². The summed E-state index contributed by atoms with van der Waals surface area (Å²) in [6.45, 7) is 4.44. The molecule has 0 atom stereocenters. The highest BCUT2D eigenvalue weighted by atomic mass is 32.2. The third-order valence-electron chi connectivity index (χ3n) is 4.18. The van der Waals surface area contributed by atoms with Crippen molar-refractivity contribution in [3.05, 3.63) is 54.1 Å². The van der Waals surface area contributed by atoms with Gasteiger partial charge in [0.15, 0.2) is 0 Å². The highest BCUT2D eigenvalue weighted by Crippen LogP contribution is 2.25. The van der Waals surface area contributed by atoms with Crippen LogP contribution in [-0.2, 0) is 26.2 Å². The van der Waals surface area contributed by atoms with E-state index in [0.29, 0.717) is 30.9 Å². The van der Waals surface area contributed by atoms with Gasteiger partial charge in [0.05, 0.1) is 13.2 Å². The molecule has 0 saturated carbocycles. The van der Waals surface area contributed by atoms with Crippen LogP contribution in [0.1, 0.15) is 19.4 Å². The molecule has 0 aromatic heterocycles. The lowest BCUT2D eigenvalue weighted by molar-refractivity contribution is -0.114. The van der Waals surface area contributed by atoms with Crippen molar-refractivity contribution in [2.45, 2.75) is 25.3 Å². The van der Waals surface area contributed by atoms with E-state index in [1.807, 2.05) is 6.92 Å². The molecular weight excluding hydrogens is 422 g/mol. The molecule has 31 heavy (non-hydrogen) atoms. The van der Waals surface area contributed by atoms with Gasteiger partial charge in [-0.1, -0.05) is 18.2 Å². The monoisotopic (exact) mass is 449 g/mol. The van der Waals surface area contributed by atoms with Gasteiger partial charge in [-0.05, 0) is 37.3 Å². The van der Waals surface area contributed by atoms with Crippen LogP contribution in [-0.4, -0.2) is 52.1 Å². The van der Waals surface area contributed by atoms with Crippen LogP contribution in [0.4, 0.5) is 10.5 Å². The van der Waals surface area contributed by atoms with Gasteiger partial charge >= 0.3 is 16.1 Å². The third kappa shape index (κ3) is 7.26. The molecule has 168 valence electrons. The quantitative estimate of drug-likeness (QED) is 0.539. The highest BCUT2D eigenvalue weighted by molar-refractivity contribution is 7.87. The highest BCUT2D eigenvalue weighted by Gasteiger charge is 2.21. The molecule has 0 spiro atoms. The summed E-state index contributed by atoms with van der Waals surface area (Å²) in [4.78, 5) is 24.9. The van der Waals surface area contributed by atoms with Crippen LogP contribution >= 0.6 is 0 Å². The number of methoxy groups -OCH3 is 1. The van der Waals surface area contributed by atoms with E-state index in [9.17, 15) is 18.0 Å². The van der Waals surface area contributed by atoms with Crippen molar-refractivity contribution in [2.75, 3.05) is 32.1 Å². The third-order valence-corrected chi connectivity index (χ3v) is 5.43. The number of hydrogen-bond donors (Lipinski definition) is 2. The smallest absolute Gasteiger partial charge is 0.339 e. The lowest BCUT2D eigenvalue weighted by atomic mass is 10.2. The van der Waals surface area contributed by atoms with Crippen molar-refractivity contribution in [3.8, 4) is 5.75 Å². The maximum Gasteiger partial charge on any atom is 0.339 e. The number of anilines is 1. The van der Waals surface area contributed by atoms with E-state index in [1.165, 1.54) is 49.3 Å². The van der Waals surface area contributed by atoms with Crippen LogP contribution in [0, 0.1) is 0 Å². The summed E-state index contributed by atoms with van der Waals surface area (Å²) < 4.78 is 36.0. The Bertz CT molecular complexity index is 992. The molecule has 0 aliphatic heterocycles. The van der Waals surface area contributed by atoms with Crippen molar-refractivity contribution in [1.82, 2.24) is 10.2 Å². The molecule has 0 saturated heterocycles. The van der Waals surface area contributed by atoms with Crippen LogP contribution in [0.5, 0.6) is 5.75 Å². The zero-order chi connectivity index (χ0) is 22.9. The van der Waals surface area contributed by atoms with E-state index < -0.39 is 10.1 Å². The number of para-hydroxylation sites is 1. The summed E-state index contributed by atoms with van der Waals surface area (Å²) in [7, 11) is -2.58. The van der Waals surface area contributed by atoms with E-state index in [1.54, 1.807) is 18.2 Å². The molecule has 2 N–H and O–H groups in total. The summed E-state index contributed by atoms with van der Waals surface area (Å²) in [6.07, 6.45) is 0. The maximum atomic E-state index is 12.8. The first-order valence-electron chi connectivity index (χ1n) is 9.68. The molecule has 9 nitrogen and oxygen atoms in total. The summed E-state index contributed by atoms with van der Waals surface area (Å²) in [5.41, 5.74) is 1.01. The van der Waals surface area contributed by atoms with Crippen LogP contribution in [0.25, 0.3) is 0 Å². The minimum absolute atomic E-state index is 0.0589.